The Kier molecular flexibility index (Phi) is 6.13. The van der Waals surface area contributed by atoms with Crippen LogP contribution in [0.5, 0.6) is 0 Å². The van der Waals surface area contributed by atoms with Crippen molar-refractivity contribution in [2.24, 2.45) is 0 Å². The highest BCUT2D eigenvalue weighted by Gasteiger charge is 2.28. The van der Waals surface area contributed by atoms with Gasteiger partial charge >= 0.3 is 5.97 Å². The summed E-state index contributed by atoms with van der Waals surface area (Å²) in [6.07, 6.45) is -1.02. The van der Waals surface area contributed by atoms with E-state index in [9.17, 15) is 9.59 Å². The minimum atomic E-state index is -1.02. The molecule has 148 valence electrons. The van der Waals surface area contributed by atoms with Crippen LogP contribution in [0.4, 0.5) is 0 Å². The van der Waals surface area contributed by atoms with E-state index in [1.54, 1.807) is 24.3 Å². The number of hydrogen-bond acceptors (Lipinski definition) is 3. The van der Waals surface area contributed by atoms with E-state index in [4.69, 9.17) is 4.74 Å². The molecule has 0 aromatic heterocycles. The molecule has 1 amide bonds. The number of rotatable bonds is 5. The number of esters is 1. The molecule has 0 saturated heterocycles. The fraction of sp³-hybridized carbons (Fsp3) is 0.200. The number of carbonyl (C=O) groups is 2. The van der Waals surface area contributed by atoms with Gasteiger partial charge in [0.15, 0.2) is 0 Å². The second kappa shape index (κ2) is 8.74. The van der Waals surface area contributed by atoms with Crippen molar-refractivity contribution in [1.29, 1.82) is 0 Å². The monoisotopic (exact) mass is 387 g/mol. The van der Waals surface area contributed by atoms with Crippen molar-refractivity contribution in [3.8, 4) is 11.1 Å². The highest BCUT2D eigenvalue weighted by atomic mass is 16.5. The van der Waals surface area contributed by atoms with Crippen molar-refractivity contribution < 1.29 is 14.3 Å². The Morgan fingerprint density at radius 1 is 0.759 bits per heavy atom. The predicted octanol–water partition coefficient (Wildman–Crippen LogP) is 5.17. The summed E-state index contributed by atoms with van der Waals surface area (Å²) in [5.41, 5.74) is 2.66. The highest BCUT2D eigenvalue weighted by Crippen LogP contribution is 2.23. The van der Waals surface area contributed by atoms with E-state index in [1.807, 2.05) is 81.4 Å². The van der Waals surface area contributed by atoms with E-state index in [-0.39, 0.29) is 5.91 Å². The first-order chi connectivity index (χ1) is 13.8. The number of hydrogen-bond donors (Lipinski definition) is 1. The maximum absolute atomic E-state index is 12.8. The van der Waals surface area contributed by atoms with Crippen LogP contribution in [0.25, 0.3) is 11.1 Å². The van der Waals surface area contributed by atoms with Gasteiger partial charge in [0.2, 0.25) is 6.10 Å². The molecule has 0 aliphatic rings. The van der Waals surface area contributed by atoms with E-state index in [0.29, 0.717) is 11.1 Å². The molecule has 3 aromatic carbocycles. The van der Waals surface area contributed by atoms with Crippen LogP contribution in [0, 0.1) is 0 Å². The second-order valence-electron chi connectivity index (χ2n) is 7.88. The third-order valence-electron chi connectivity index (χ3n) is 4.29. The number of carbonyl (C=O) groups excluding carboxylic acids is 2. The summed E-state index contributed by atoms with van der Waals surface area (Å²) in [7, 11) is 0. The zero-order valence-electron chi connectivity index (χ0n) is 16.9. The third-order valence-corrected chi connectivity index (χ3v) is 4.29. The van der Waals surface area contributed by atoms with Crippen molar-refractivity contribution in [2.45, 2.75) is 32.4 Å². The molecule has 4 heteroatoms. The van der Waals surface area contributed by atoms with E-state index < -0.39 is 17.6 Å². The fourth-order valence-electron chi connectivity index (χ4n) is 2.94. The molecule has 1 atom stereocenters. The second-order valence-corrected chi connectivity index (χ2v) is 7.88. The van der Waals surface area contributed by atoms with E-state index in [0.717, 1.165) is 11.1 Å². The maximum Gasteiger partial charge on any atom is 0.339 e. The molecule has 0 bridgehead atoms. The van der Waals surface area contributed by atoms with E-state index >= 15 is 0 Å². The van der Waals surface area contributed by atoms with Crippen LogP contribution in [-0.2, 0) is 9.53 Å². The molecule has 0 spiro atoms. The summed E-state index contributed by atoms with van der Waals surface area (Å²) in [6.45, 7) is 5.66. The average molecular weight is 387 g/mol. The molecular formula is C25H25NO3. The van der Waals surface area contributed by atoms with Gasteiger partial charge in [0, 0.05) is 11.1 Å². The Hall–Kier alpha value is -3.40. The molecule has 3 aromatic rings. The summed E-state index contributed by atoms with van der Waals surface area (Å²) in [5.74, 6) is -0.888. The lowest BCUT2D eigenvalue weighted by Gasteiger charge is -2.25. The normalized spacial score (nSPS) is 12.1. The smallest absolute Gasteiger partial charge is 0.339 e. The molecule has 1 unspecified atom stereocenters. The minimum absolute atomic E-state index is 0.349. The molecule has 1 N–H and O–H groups in total. The lowest BCUT2D eigenvalue weighted by molar-refractivity contribution is -0.131. The number of benzene rings is 3. The van der Waals surface area contributed by atoms with Crippen LogP contribution in [0.15, 0.2) is 84.9 Å². The lowest BCUT2D eigenvalue weighted by atomic mass is 10.0. The molecule has 3 rings (SSSR count). The average Bonchev–Trinajstić information content (AvgIpc) is 2.72. The molecule has 0 aliphatic carbocycles. The molecular weight excluding hydrogens is 362 g/mol. The highest BCUT2D eigenvalue weighted by molar-refractivity contribution is 5.93. The summed E-state index contributed by atoms with van der Waals surface area (Å²) in [5, 5.41) is 2.89. The summed E-state index contributed by atoms with van der Waals surface area (Å²) >= 11 is 0. The first-order valence-corrected chi connectivity index (χ1v) is 9.57. The first-order valence-electron chi connectivity index (χ1n) is 9.57. The van der Waals surface area contributed by atoms with Crippen LogP contribution in [0.2, 0.25) is 0 Å². The van der Waals surface area contributed by atoms with Crippen LogP contribution < -0.4 is 5.32 Å². The lowest BCUT2D eigenvalue weighted by Crippen LogP contribution is -2.44. The van der Waals surface area contributed by atoms with Crippen LogP contribution >= 0.6 is 0 Å². The van der Waals surface area contributed by atoms with Gasteiger partial charge in [-0.05, 0) is 44.0 Å². The van der Waals surface area contributed by atoms with Gasteiger partial charge in [-0.15, -0.1) is 0 Å². The van der Waals surface area contributed by atoms with Gasteiger partial charge in [0.1, 0.15) is 0 Å². The molecule has 4 nitrogen and oxygen atoms in total. The van der Waals surface area contributed by atoms with Crippen molar-refractivity contribution in [3.05, 3.63) is 96.1 Å². The van der Waals surface area contributed by atoms with Gasteiger partial charge in [0.05, 0.1) is 5.56 Å². The Labute approximate surface area is 171 Å². The van der Waals surface area contributed by atoms with Crippen molar-refractivity contribution in [3.63, 3.8) is 0 Å². The fourth-order valence-corrected chi connectivity index (χ4v) is 2.94. The SMILES string of the molecule is CC(C)(C)NC(=O)C(OC(=O)c1ccc(-c2ccccc2)cc1)c1ccccc1. The van der Waals surface area contributed by atoms with Crippen LogP contribution in [0.1, 0.15) is 42.8 Å². The number of ether oxygens (including phenoxy) is 1. The zero-order valence-corrected chi connectivity index (χ0v) is 16.9. The predicted molar refractivity (Wildman–Crippen MR) is 114 cm³/mol. The molecule has 0 fully saturated rings. The van der Waals surface area contributed by atoms with Gasteiger partial charge < -0.3 is 10.1 Å². The maximum atomic E-state index is 12.8. The van der Waals surface area contributed by atoms with E-state index in [1.165, 1.54) is 0 Å². The van der Waals surface area contributed by atoms with Crippen molar-refractivity contribution in [2.75, 3.05) is 0 Å². The molecule has 0 radical (unpaired) electrons. The Morgan fingerprint density at radius 2 is 1.28 bits per heavy atom. The summed E-state index contributed by atoms with van der Waals surface area (Å²) in [4.78, 5) is 25.5. The molecule has 0 saturated carbocycles. The Morgan fingerprint density at radius 3 is 1.83 bits per heavy atom. The number of nitrogens with one attached hydrogen (secondary N) is 1. The van der Waals surface area contributed by atoms with E-state index in [2.05, 4.69) is 5.32 Å². The molecule has 0 heterocycles. The third kappa shape index (κ3) is 5.55. The van der Waals surface area contributed by atoms with Crippen LogP contribution in [-0.4, -0.2) is 17.4 Å². The largest absolute Gasteiger partial charge is 0.444 e. The summed E-state index contributed by atoms with van der Waals surface area (Å²) in [6, 6.07) is 26.1. The quantitative estimate of drug-likeness (QED) is 0.615. The van der Waals surface area contributed by atoms with Crippen molar-refractivity contribution in [1.82, 2.24) is 5.32 Å². The van der Waals surface area contributed by atoms with Gasteiger partial charge in [0.25, 0.3) is 5.91 Å². The first kappa shape index (κ1) is 20.3. The Bertz CT molecular complexity index is 958. The topological polar surface area (TPSA) is 55.4 Å². The van der Waals surface area contributed by atoms with Gasteiger partial charge in [-0.25, -0.2) is 4.79 Å². The standard InChI is InChI=1S/C25H25NO3/c1-25(2,3)26-23(27)22(20-12-8-5-9-13-20)29-24(28)21-16-14-19(15-17-21)18-10-6-4-7-11-18/h4-17,22H,1-3H3,(H,26,27). The molecule has 0 aliphatic heterocycles. The zero-order chi connectivity index (χ0) is 20.9. The molecule has 29 heavy (non-hydrogen) atoms. The number of amides is 1. The van der Waals surface area contributed by atoms with Crippen molar-refractivity contribution >= 4 is 11.9 Å². The summed E-state index contributed by atoms with van der Waals surface area (Å²) < 4.78 is 5.62. The Balaban J connectivity index is 1.80. The minimum Gasteiger partial charge on any atom is -0.444 e. The van der Waals surface area contributed by atoms with Gasteiger partial charge in [-0.1, -0.05) is 72.8 Å². The van der Waals surface area contributed by atoms with Crippen LogP contribution in [0.3, 0.4) is 0 Å². The van der Waals surface area contributed by atoms with Gasteiger partial charge in [-0.3, -0.25) is 4.79 Å². The van der Waals surface area contributed by atoms with Gasteiger partial charge in [-0.2, -0.15) is 0 Å².